The number of nitrogens with one attached hydrogen (secondary N) is 1. The average Bonchev–Trinajstić information content (AvgIpc) is 2.28. The predicted octanol–water partition coefficient (Wildman–Crippen LogP) is 2.75. The summed E-state index contributed by atoms with van der Waals surface area (Å²) in [5.41, 5.74) is 5.72. The van der Waals surface area contributed by atoms with Crippen molar-refractivity contribution in [3.05, 3.63) is 11.9 Å². The molecule has 4 nitrogen and oxygen atoms in total. The molecule has 1 aromatic heterocycles. The van der Waals surface area contributed by atoms with Gasteiger partial charge in [0.15, 0.2) is 0 Å². The highest BCUT2D eigenvalue weighted by Gasteiger charge is 2.20. The number of aromatic nitrogens is 2. The Morgan fingerprint density at radius 2 is 2.00 bits per heavy atom. The molecule has 0 radical (unpaired) electrons. The van der Waals surface area contributed by atoms with E-state index in [9.17, 15) is 0 Å². The van der Waals surface area contributed by atoms with E-state index in [1.54, 1.807) is 0 Å². The number of hydrogen-bond acceptors (Lipinski definition) is 4. The van der Waals surface area contributed by atoms with Gasteiger partial charge in [-0.2, -0.15) is 0 Å². The predicted molar refractivity (Wildman–Crippen MR) is 70.8 cm³/mol. The monoisotopic (exact) mass is 234 g/mol. The topological polar surface area (TPSA) is 63.8 Å². The van der Waals surface area contributed by atoms with Crippen LogP contribution in [0.5, 0.6) is 0 Å². The molecule has 4 heteroatoms. The minimum absolute atomic E-state index is 0.462. The summed E-state index contributed by atoms with van der Waals surface area (Å²) in [6.45, 7) is 4.11. The minimum atomic E-state index is 0.462. The number of rotatable bonds is 3. The lowest BCUT2D eigenvalue weighted by molar-refractivity contribution is 0.328. The van der Waals surface area contributed by atoms with E-state index in [4.69, 9.17) is 5.73 Å². The van der Waals surface area contributed by atoms with Gasteiger partial charge in [0, 0.05) is 12.1 Å². The van der Waals surface area contributed by atoms with Gasteiger partial charge in [-0.25, -0.2) is 9.97 Å². The van der Waals surface area contributed by atoms with Crippen molar-refractivity contribution >= 4 is 11.6 Å². The van der Waals surface area contributed by atoms with Crippen LogP contribution >= 0.6 is 0 Å². The van der Waals surface area contributed by atoms with Crippen LogP contribution in [0.4, 0.5) is 11.6 Å². The van der Waals surface area contributed by atoms with Crippen LogP contribution in [0.15, 0.2) is 6.07 Å². The summed E-state index contributed by atoms with van der Waals surface area (Å²) in [5.74, 6) is 2.88. The van der Waals surface area contributed by atoms with Crippen molar-refractivity contribution in [3.63, 3.8) is 0 Å². The summed E-state index contributed by atoms with van der Waals surface area (Å²) in [6.07, 6.45) is 6.77. The molecular weight excluding hydrogens is 212 g/mol. The lowest BCUT2D eigenvalue weighted by Crippen LogP contribution is -2.28. The molecule has 1 atom stereocenters. The second-order valence-electron chi connectivity index (χ2n) is 5.06. The van der Waals surface area contributed by atoms with Crippen molar-refractivity contribution in [2.45, 2.75) is 52.0 Å². The van der Waals surface area contributed by atoms with Gasteiger partial charge in [0.25, 0.3) is 0 Å². The molecule has 17 heavy (non-hydrogen) atoms. The molecule has 0 spiro atoms. The van der Waals surface area contributed by atoms with Crippen LogP contribution in [-0.2, 0) is 0 Å². The second kappa shape index (κ2) is 5.34. The minimum Gasteiger partial charge on any atom is -0.384 e. The quantitative estimate of drug-likeness (QED) is 0.844. The summed E-state index contributed by atoms with van der Waals surface area (Å²) in [7, 11) is 0. The van der Waals surface area contributed by atoms with Crippen molar-refractivity contribution in [3.8, 4) is 0 Å². The van der Waals surface area contributed by atoms with Crippen LogP contribution in [0, 0.1) is 12.8 Å². The fraction of sp³-hybridized carbons (Fsp3) is 0.692. The Labute approximate surface area is 103 Å². The van der Waals surface area contributed by atoms with Crippen LogP contribution in [0.2, 0.25) is 0 Å². The summed E-state index contributed by atoms with van der Waals surface area (Å²) in [6, 6.07) is 2.27. The van der Waals surface area contributed by atoms with Crippen molar-refractivity contribution in [1.29, 1.82) is 0 Å². The van der Waals surface area contributed by atoms with Crippen molar-refractivity contribution in [1.82, 2.24) is 9.97 Å². The third-order valence-corrected chi connectivity index (χ3v) is 3.59. The largest absolute Gasteiger partial charge is 0.384 e. The molecule has 3 N–H and O–H groups in total. The number of aryl methyl sites for hydroxylation is 1. The molecule has 1 fully saturated rings. The fourth-order valence-corrected chi connectivity index (χ4v) is 2.65. The van der Waals surface area contributed by atoms with E-state index >= 15 is 0 Å². The lowest BCUT2D eigenvalue weighted by Gasteiger charge is -2.28. The zero-order valence-corrected chi connectivity index (χ0v) is 10.7. The van der Waals surface area contributed by atoms with Crippen molar-refractivity contribution in [2.24, 2.45) is 5.92 Å². The molecule has 0 aromatic carbocycles. The van der Waals surface area contributed by atoms with Crippen LogP contribution in [0.25, 0.3) is 0 Å². The summed E-state index contributed by atoms with van der Waals surface area (Å²) < 4.78 is 0. The second-order valence-corrected chi connectivity index (χ2v) is 5.06. The maximum absolute atomic E-state index is 5.72. The molecule has 1 aliphatic rings. The Hall–Kier alpha value is -1.32. The van der Waals surface area contributed by atoms with E-state index in [1.807, 2.05) is 13.0 Å². The Balaban J connectivity index is 1.99. The highest BCUT2D eigenvalue weighted by molar-refractivity contribution is 5.45. The first kappa shape index (κ1) is 12.1. The third kappa shape index (κ3) is 3.32. The van der Waals surface area contributed by atoms with E-state index in [-0.39, 0.29) is 0 Å². The molecule has 0 amide bonds. The van der Waals surface area contributed by atoms with Crippen molar-refractivity contribution in [2.75, 3.05) is 11.1 Å². The van der Waals surface area contributed by atoms with E-state index in [2.05, 4.69) is 22.2 Å². The Morgan fingerprint density at radius 1 is 1.29 bits per heavy atom. The lowest BCUT2D eigenvalue weighted by atomic mass is 9.84. The van der Waals surface area contributed by atoms with E-state index in [0.29, 0.717) is 11.9 Å². The zero-order valence-electron chi connectivity index (χ0n) is 10.7. The SMILES string of the molecule is Cc1nc(N)cc(NC(C)C2CCCCC2)n1. The van der Waals surface area contributed by atoms with Gasteiger partial charge in [0.1, 0.15) is 17.5 Å². The van der Waals surface area contributed by atoms with Crippen molar-refractivity contribution < 1.29 is 0 Å². The molecule has 0 saturated heterocycles. The molecule has 1 saturated carbocycles. The maximum atomic E-state index is 5.72. The Morgan fingerprint density at radius 3 is 2.65 bits per heavy atom. The molecule has 0 aliphatic heterocycles. The molecule has 0 bridgehead atoms. The van der Waals surface area contributed by atoms with E-state index in [0.717, 1.165) is 17.6 Å². The van der Waals surface area contributed by atoms with Gasteiger partial charge >= 0.3 is 0 Å². The average molecular weight is 234 g/mol. The van der Waals surface area contributed by atoms with Gasteiger partial charge < -0.3 is 11.1 Å². The first-order valence-corrected chi connectivity index (χ1v) is 6.53. The van der Waals surface area contributed by atoms with E-state index in [1.165, 1.54) is 32.1 Å². The number of nitrogens with two attached hydrogens (primary N) is 1. The van der Waals surface area contributed by atoms with Crippen LogP contribution in [0.3, 0.4) is 0 Å². The Kier molecular flexibility index (Phi) is 3.82. The fourth-order valence-electron chi connectivity index (χ4n) is 2.65. The van der Waals surface area contributed by atoms with Gasteiger partial charge in [-0.05, 0) is 32.6 Å². The van der Waals surface area contributed by atoms with Gasteiger partial charge in [-0.15, -0.1) is 0 Å². The third-order valence-electron chi connectivity index (χ3n) is 3.59. The number of anilines is 2. The van der Waals surface area contributed by atoms with Gasteiger partial charge in [-0.1, -0.05) is 19.3 Å². The molecule has 1 aliphatic carbocycles. The normalized spacial score (nSPS) is 18.9. The summed E-state index contributed by atoms with van der Waals surface area (Å²) in [4.78, 5) is 8.45. The molecular formula is C13H22N4. The number of hydrogen-bond donors (Lipinski definition) is 2. The molecule has 1 aromatic rings. The summed E-state index contributed by atoms with van der Waals surface area (Å²) in [5, 5.41) is 3.46. The molecule has 2 rings (SSSR count). The highest BCUT2D eigenvalue weighted by atomic mass is 15.1. The van der Waals surface area contributed by atoms with Crippen LogP contribution in [0.1, 0.15) is 44.9 Å². The standard InChI is InChI=1S/C13H22N4/c1-9(11-6-4-3-5-7-11)15-13-8-12(14)16-10(2)17-13/h8-9,11H,3-7H2,1-2H3,(H3,14,15,16,17). The Bertz CT molecular complexity index is 351. The van der Waals surface area contributed by atoms with E-state index < -0.39 is 0 Å². The smallest absolute Gasteiger partial charge is 0.132 e. The maximum Gasteiger partial charge on any atom is 0.132 e. The van der Waals surface area contributed by atoms with Gasteiger partial charge in [0.05, 0.1) is 0 Å². The number of nitrogens with zero attached hydrogens (tertiary/aromatic N) is 2. The zero-order chi connectivity index (χ0) is 12.3. The van der Waals surface area contributed by atoms with Gasteiger partial charge in [-0.3, -0.25) is 0 Å². The first-order valence-electron chi connectivity index (χ1n) is 6.53. The highest BCUT2D eigenvalue weighted by Crippen LogP contribution is 2.27. The number of nitrogen functional groups attached to an aromatic ring is 1. The van der Waals surface area contributed by atoms with Crippen LogP contribution in [-0.4, -0.2) is 16.0 Å². The van der Waals surface area contributed by atoms with Crippen LogP contribution < -0.4 is 11.1 Å². The molecule has 94 valence electrons. The summed E-state index contributed by atoms with van der Waals surface area (Å²) >= 11 is 0. The molecule has 1 unspecified atom stereocenters. The molecule has 1 heterocycles. The first-order chi connectivity index (χ1) is 8.15. The van der Waals surface area contributed by atoms with Gasteiger partial charge in [0.2, 0.25) is 0 Å².